The van der Waals surface area contributed by atoms with E-state index in [1.807, 2.05) is 6.07 Å². The third kappa shape index (κ3) is 3.12. The van der Waals surface area contributed by atoms with Gasteiger partial charge in [-0.25, -0.2) is 0 Å². The Hall–Kier alpha value is -0.870. The van der Waals surface area contributed by atoms with Crippen molar-refractivity contribution in [2.45, 2.75) is 32.7 Å². The highest BCUT2D eigenvalue weighted by atomic mass is 35.5. The van der Waals surface area contributed by atoms with Gasteiger partial charge in [-0.1, -0.05) is 11.6 Å². The second-order valence-electron chi connectivity index (χ2n) is 5.14. The molecule has 0 N–H and O–H groups in total. The van der Waals surface area contributed by atoms with Crippen LogP contribution in [-0.2, 0) is 6.42 Å². The fourth-order valence-corrected chi connectivity index (χ4v) is 2.67. The van der Waals surface area contributed by atoms with Gasteiger partial charge in [0.05, 0.1) is 12.8 Å². The fraction of sp³-hybridized carbons (Fsp3) is 0.692. The summed E-state index contributed by atoms with van der Waals surface area (Å²) in [6.45, 7) is 6.81. The summed E-state index contributed by atoms with van der Waals surface area (Å²) in [6, 6.07) is 2.49. The van der Waals surface area contributed by atoms with Gasteiger partial charge in [0.2, 0.25) is 0 Å². The lowest BCUT2D eigenvalue weighted by Gasteiger charge is -2.20. The zero-order valence-corrected chi connectivity index (χ0v) is 11.9. The van der Waals surface area contributed by atoms with Crippen molar-refractivity contribution in [2.24, 2.45) is 5.92 Å². The lowest BCUT2D eigenvalue weighted by atomic mass is 10.0. The predicted octanol–water partition coefficient (Wildman–Crippen LogP) is 2.41. The standard InChI is InChI=1S/C13H20ClN3O/c1-9(2)17-5-4-10(8-17)6-11-7-12(14)13(18-3)16-15-11/h7,9-10H,4-6,8H2,1-3H3. The second-order valence-corrected chi connectivity index (χ2v) is 5.55. The molecule has 4 nitrogen and oxygen atoms in total. The Kier molecular flexibility index (Phi) is 4.40. The molecule has 1 aromatic rings. The number of aromatic nitrogens is 2. The number of halogens is 1. The minimum atomic E-state index is 0.399. The van der Waals surface area contributed by atoms with Crippen LogP contribution >= 0.6 is 11.6 Å². The molecule has 100 valence electrons. The molecule has 1 aliphatic heterocycles. The predicted molar refractivity (Wildman–Crippen MR) is 72.1 cm³/mol. The number of ether oxygens (including phenoxy) is 1. The van der Waals surface area contributed by atoms with E-state index in [0.29, 0.717) is 22.9 Å². The van der Waals surface area contributed by atoms with Crippen LogP contribution in [0.4, 0.5) is 0 Å². The molecule has 2 heterocycles. The molecule has 1 atom stereocenters. The summed E-state index contributed by atoms with van der Waals surface area (Å²) in [5.74, 6) is 1.06. The Morgan fingerprint density at radius 2 is 2.28 bits per heavy atom. The highest BCUT2D eigenvalue weighted by Gasteiger charge is 2.24. The molecule has 0 aromatic carbocycles. The van der Waals surface area contributed by atoms with Gasteiger partial charge in [0.15, 0.2) is 0 Å². The number of hydrogen-bond acceptors (Lipinski definition) is 4. The third-order valence-corrected chi connectivity index (χ3v) is 3.78. The molecule has 1 saturated heterocycles. The van der Waals surface area contributed by atoms with E-state index in [9.17, 15) is 0 Å². The van der Waals surface area contributed by atoms with E-state index >= 15 is 0 Å². The van der Waals surface area contributed by atoms with Crippen LogP contribution in [0.15, 0.2) is 6.07 Å². The van der Waals surface area contributed by atoms with Gasteiger partial charge in [0.25, 0.3) is 5.88 Å². The molecule has 0 amide bonds. The van der Waals surface area contributed by atoms with Crippen molar-refractivity contribution in [3.8, 4) is 5.88 Å². The average Bonchev–Trinajstić information content (AvgIpc) is 2.78. The van der Waals surface area contributed by atoms with E-state index in [4.69, 9.17) is 16.3 Å². The van der Waals surface area contributed by atoms with E-state index in [1.165, 1.54) is 13.0 Å². The first kappa shape index (κ1) is 13.6. The SMILES string of the molecule is COc1nnc(CC2CCN(C(C)C)C2)cc1Cl. The summed E-state index contributed by atoms with van der Waals surface area (Å²) in [7, 11) is 1.55. The van der Waals surface area contributed by atoms with Gasteiger partial charge in [-0.05, 0) is 45.2 Å². The van der Waals surface area contributed by atoms with E-state index in [2.05, 4.69) is 28.9 Å². The van der Waals surface area contributed by atoms with Crippen molar-refractivity contribution >= 4 is 11.6 Å². The van der Waals surface area contributed by atoms with Crippen LogP contribution in [0.25, 0.3) is 0 Å². The average molecular weight is 270 g/mol. The van der Waals surface area contributed by atoms with Crippen LogP contribution in [0, 0.1) is 5.92 Å². The highest BCUT2D eigenvalue weighted by molar-refractivity contribution is 6.31. The minimum absolute atomic E-state index is 0.399. The quantitative estimate of drug-likeness (QED) is 0.841. The first-order valence-corrected chi connectivity index (χ1v) is 6.78. The molecule has 1 aromatic heterocycles. The summed E-state index contributed by atoms with van der Waals surface area (Å²) in [5, 5.41) is 8.68. The van der Waals surface area contributed by atoms with Crippen molar-refractivity contribution in [1.82, 2.24) is 15.1 Å². The van der Waals surface area contributed by atoms with Gasteiger partial charge >= 0.3 is 0 Å². The van der Waals surface area contributed by atoms with Gasteiger partial charge in [-0.15, -0.1) is 5.10 Å². The molecule has 0 radical (unpaired) electrons. The van der Waals surface area contributed by atoms with Crippen LogP contribution in [0.2, 0.25) is 5.02 Å². The van der Waals surface area contributed by atoms with Crippen LogP contribution in [0.5, 0.6) is 5.88 Å². The number of hydrogen-bond donors (Lipinski definition) is 0. The molecule has 0 spiro atoms. The number of rotatable bonds is 4. The Morgan fingerprint density at radius 3 is 2.83 bits per heavy atom. The number of methoxy groups -OCH3 is 1. The largest absolute Gasteiger partial charge is 0.479 e. The zero-order valence-electron chi connectivity index (χ0n) is 11.2. The maximum atomic E-state index is 6.06. The number of nitrogens with zero attached hydrogens (tertiary/aromatic N) is 3. The van der Waals surface area contributed by atoms with Crippen molar-refractivity contribution in [3.05, 3.63) is 16.8 Å². The molecule has 0 saturated carbocycles. The third-order valence-electron chi connectivity index (χ3n) is 3.51. The molecule has 2 rings (SSSR count). The van der Waals surface area contributed by atoms with Crippen LogP contribution in [-0.4, -0.2) is 41.3 Å². The topological polar surface area (TPSA) is 38.3 Å². The summed E-state index contributed by atoms with van der Waals surface area (Å²) in [6.07, 6.45) is 2.17. The van der Waals surface area contributed by atoms with Crippen molar-refractivity contribution in [1.29, 1.82) is 0 Å². The number of likely N-dealkylation sites (tertiary alicyclic amines) is 1. The van der Waals surface area contributed by atoms with Gasteiger partial charge < -0.3 is 9.64 Å². The van der Waals surface area contributed by atoms with Crippen LogP contribution in [0.3, 0.4) is 0 Å². The Labute approximate surface area is 113 Å². The molecule has 0 bridgehead atoms. The highest BCUT2D eigenvalue weighted by Crippen LogP contribution is 2.25. The Morgan fingerprint density at radius 1 is 1.50 bits per heavy atom. The Bertz CT molecular complexity index is 411. The second kappa shape index (κ2) is 5.85. The molecular weight excluding hydrogens is 250 g/mol. The first-order valence-electron chi connectivity index (χ1n) is 6.40. The molecule has 1 fully saturated rings. The maximum absolute atomic E-state index is 6.06. The molecule has 18 heavy (non-hydrogen) atoms. The Balaban J connectivity index is 1.96. The lowest BCUT2D eigenvalue weighted by molar-refractivity contribution is 0.264. The molecular formula is C13H20ClN3O. The first-order chi connectivity index (χ1) is 8.60. The zero-order chi connectivity index (χ0) is 13.1. The molecule has 1 unspecified atom stereocenters. The van der Waals surface area contributed by atoms with Crippen molar-refractivity contribution in [2.75, 3.05) is 20.2 Å². The van der Waals surface area contributed by atoms with Gasteiger partial charge in [0.1, 0.15) is 5.02 Å². The molecule has 0 aliphatic carbocycles. The summed E-state index contributed by atoms with van der Waals surface area (Å²) in [5.41, 5.74) is 0.955. The van der Waals surface area contributed by atoms with Gasteiger partial charge in [-0.3, -0.25) is 0 Å². The smallest absolute Gasteiger partial charge is 0.252 e. The summed E-state index contributed by atoms with van der Waals surface area (Å²) < 4.78 is 5.00. The molecule has 1 aliphatic rings. The summed E-state index contributed by atoms with van der Waals surface area (Å²) >= 11 is 6.06. The minimum Gasteiger partial charge on any atom is -0.479 e. The lowest BCUT2D eigenvalue weighted by Crippen LogP contribution is -2.28. The summed E-state index contributed by atoms with van der Waals surface area (Å²) in [4.78, 5) is 2.50. The van der Waals surface area contributed by atoms with Crippen LogP contribution < -0.4 is 4.74 Å². The monoisotopic (exact) mass is 269 g/mol. The van der Waals surface area contributed by atoms with Crippen molar-refractivity contribution < 1.29 is 4.74 Å². The fourth-order valence-electron chi connectivity index (χ4n) is 2.43. The van der Waals surface area contributed by atoms with E-state index in [1.54, 1.807) is 7.11 Å². The normalized spacial score (nSPS) is 20.6. The molecule has 5 heteroatoms. The van der Waals surface area contributed by atoms with E-state index in [-0.39, 0.29) is 0 Å². The van der Waals surface area contributed by atoms with Gasteiger partial charge in [0, 0.05) is 12.6 Å². The van der Waals surface area contributed by atoms with E-state index < -0.39 is 0 Å². The van der Waals surface area contributed by atoms with E-state index in [0.717, 1.165) is 18.7 Å². The van der Waals surface area contributed by atoms with Crippen molar-refractivity contribution in [3.63, 3.8) is 0 Å². The van der Waals surface area contributed by atoms with Gasteiger partial charge in [-0.2, -0.15) is 5.10 Å². The van der Waals surface area contributed by atoms with Crippen LogP contribution in [0.1, 0.15) is 26.0 Å². The maximum Gasteiger partial charge on any atom is 0.252 e.